The van der Waals surface area contributed by atoms with Gasteiger partial charge in [-0.3, -0.25) is 14.7 Å². The van der Waals surface area contributed by atoms with Gasteiger partial charge in [-0.15, -0.1) is 0 Å². The lowest BCUT2D eigenvalue weighted by Crippen LogP contribution is -2.33. The molecule has 0 bridgehead atoms. The Balaban J connectivity index is 1.58. The summed E-state index contributed by atoms with van der Waals surface area (Å²) in [5, 5.41) is 3.00. The molecule has 1 aromatic carbocycles. The third kappa shape index (κ3) is 3.97. The number of likely N-dealkylation sites (tertiary alicyclic amines) is 1. The van der Waals surface area contributed by atoms with E-state index in [0.717, 1.165) is 13.0 Å². The van der Waals surface area contributed by atoms with Crippen LogP contribution in [0.2, 0.25) is 0 Å². The molecule has 1 N–H and O–H groups in total. The van der Waals surface area contributed by atoms with E-state index in [2.05, 4.69) is 28.3 Å². The van der Waals surface area contributed by atoms with Gasteiger partial charge in [0, 0.05) is 25.0 Å². The highest BCUT2D eigenvalue weighted by Gasteiger charge is 2.33. The molecule has 5 heteroatoms. The van der Waals surface area contributed by atoms with E-state index < -0.39 is 0 Å². The molecule has 2 aromatic rings. The van der Waals surface area contributed by atoms with Gasteiger partial charge < -0.3 is 5.32 Å². The van der Waals surface area contributed by atoms with Gasteiger partial charge >= 0.3 is 0 Å². The molecule has 0 unspecified atom stereocenters. The van der Waals surface area contributed by atoms with Crippen molar-refractivity contribution < 1.29 is 9.18 Å². The summed E-state index contributed by atoms with van der Waals surface area (Å²) in [6.45, 7) is 1.63. The molecule has 3 rings (SSSR count). The number of benzene rings is 1. The Bertz CT molecular complexity index is 692. The second-order valence-electron chi connectivity index (χ2n) is 6.37. The van der Waals surface area contributed by atoms with Crippen LogP contribution in [0, 0.1) is 11.7 Å². The molecule has 24 heavy (non-hydrogen) atoms. The molecule has 0 spiro atoms. The van der Waals surface area contributed by atoms with Crippen LogP contribution in [0.25, 0.3) is 0 Å². The summed E-state index contributed by atoms with van der Waals surface area (Å²) in [6, 6.07) is 10.5. The van der Waals surface area contributed by atoms with Crippen LogP contribution >= 0.6 is 0 Å². The Morgan fingerprint density at radius 3 is 3.00 bits per heavy atom. The average Bonchev–Trinajstić information content (AvgIpc) is 2.94. The molecule has 0 radical (unpaired) electrons. The molecule has 1 fully saturated rings. The highest BCUT2D eigenvalue weighted by Crippen LogP contribution is 2.35. The monoisotopic (exact) mass is 327 g/mol. The molecule has 1 aromatic heterocycles. The van der Waals surface area contributed by atoms with E-state index in [9.17, 15) is 9.18 Å². The molecule has 126 valence electrons. The van der Waals surface area contributed by atoms with Crippen molar-refractivity contribution in [1.29, 1.82) is 0 Å². The molecule has 2 heterocycles. The van der Waals surface area contributed by atoms with Crippen LogP contribution in [0.3, 0.4) is 0 Å². The number of aromatic nitrogens is 1. The van der Waals surface area contributed by atoms with Gasteiger partial charge in [-0.2, -0.15) is 0 Å². The summed E-state index contributed by atoms with van der Waals surface area (Å²) in [5.74, 6) is -0.0230. The lowest BCUT2D eigenvalue weighted by Gasteiger charge is -2.25. The number of rotatable bonds is 5. The normalized spacial score (nSPS) is 20.9. The Morgan fingerprint density at radius 2 is 2.25 bits per heavy atom. The van der Waals surface area contributed by atoms with E-state index in [1.165, 1.54) is 17.7 Å². The molecule has 1 saturated heterocycles. The highest BCUT2D eigenvalue weighted by molar-refractivity contribution is 5.78. The fourth-order valence-corrected chi connectivity index (χ4v) is 3.46. The molecule has 2 atom stereocenters. The summed E-state index contributed by atoms with van der Waals surface area (Å²) in [7, 11) is 2.10. The number of carbonyl (C=O) groups excluding carboxylic acids is 1. The van der Waals surface area contributed by atoms with E-state index in [-0.39, 0.29) is 24.2 Å². The average molecular weight is 327 g/mol. The van der Waals surface area contributed by atoms with Gasteiger partial charge in [0.2, 0.25) is 5.91 Å². The summed E-state index contributed by atoms with van der Waals surface area (Å²) >= 11 is 0. The van der Waals surface area contributed by atoms with Crippen LogP contribution in [-0.4, -0.2) is 35.9 Å². The minimum absolute atomic E-state index is 0.0694. The quantitative estimate of drug-likeness (QED) is 0.918. The highest BCUT2D eigenvalue weighted by atomic mass is 19.1. The predicted octanol–water partition coefficient (Wildman–Crippen LogP) is 2.57. The molecule has 0 saturated carbocycles. The SMILES string of the molecule is CN1CC[C@@H](CNC(=O)Cc2cccc(F)c2)[C@@H]1c1cccnc1. The number of carbonyl (C=O) groups is 1. The molecule has 0 aliphatic carbocycles. The van der Waals surface area contributed by atoms with Gasteiger partial charge in [0.1, 0.15) is 5.82 Å². The number of amides is 1. The zero-order chi connectivity index (χ0) is 16.9. The van der Waals surface area contributed by atoms with Crippen LogP contribution in [0.5, 0.6) is 0 Å². The summed E-state index contributed by atoms with van der Waals surface area (Å²) in [4.78, 5) is 18.7. The zero-order valence-electron chi connectivity index (χ0n) is 13.8. The van der Waals surface area contributed by atoms with Gasteiger partial charge in [-0.1, -0.05) is 18.2 Å². The standard InChI is InChI=1S/C19H22FN3O/c1-23-9-7-16(19(23)15-5-3-8-21-12-15)13-22-18(24)11-14-4-2-6-17(20)10-14/h2-6,8,10,12,16,19H,7,9,11,13H2,1H3,(H,22,24)/t16-,19-/m0/s1. The lowest BCUT2D eigenvalue weighted by atomic mass is 9.94. The van der Waals surface area contributed by atoms with Crippen LogP contribution < -0.4 is 5.32 Å². The largest absolute Gasteiger partial charge is 0.355 e. The number of halogens is 1. The Morgan fingerprint density at radius 1 is 1.38 bits per heavy atom. The van der Waals surface area contributed by atoms with E-state index in [4.69, 9.17) is 0 Å². The first-order chi connectivity index (χ1) is 11.6. The van der Waals surface area contributed by atoms with Crippen molar-refractivity contribution in [3.63, 3.8) is 0 Å². The van der Waals surface area contributed by atoms with Crippen molar-refractivity contribution in [2.75, 3.05) is 20.1 Å². The van der Waals surface area contributed by atoms with Gasteiger partial charge in [-0.05, 0) is 55.3 Å². The van der Waals surface area contributed by atoms with Crippen molar-refractivity contribution in [1.82, 2.24) is 15.2 Å². The maximum absolute atomic E-state index is 13.2. The number of nitrogens with zero attached hydrogens (tertiary/aromatic N) is 2. The first-order valence-electron chi connectivity index (χ1n) is 8.25. The topological polar surface area (TPSA) is 45.2 Å². The van der Waals surface area contributed by atoms with Crippen LogP contribution in [0.15, 0.2) is 48.8 Å². The first kappa shape index (κ1) is 16.6. The molecular formula is C19H22FN3O. The van der Waals surface area contributed by atoms with Crippen molar-refractivity contribution in [3.05, 3.63) is 65.7 Å². The van der Waals surface area contributed by atoms with Crippen LogP contribution in [0.4, 0.5) is 4.39 Å². The Kier molecular flexibility index (Phi) is 5.20. The minimum atomic E-state index is -0.311. The summed E-state index contributed by atoms with van der Waals surface area (Å²) in [5.41, 5.74) is 1.88. The van der Waals surface area contributed by atoms with Gasteiger partial charge in [0.25, 0.3) is 0 Å². The first-order valence-corrected chi connectivity index (χ1v) is 8.25. The second kappa shape index (κ2) is 7.53. The van der Waals surface area contributed by atoms with E-state index in [1.54, 1.807) is 18.3 Å². The number of pyridine rings is 1. The van der Waals surface area contributed by atoms with Crippen LogP contribution in [0.1, 0.15) is 23.6 Å². The van der Waals surface area contributed by atoms with Gasteiger partial charge in [-0.25, -0.2) is 4.39 Å². The van der Waals surface area contributed by atoms with E-state index in [0.29, 0.717) is 18.0 Å². The smallest absolute Gasteiger partial charge is 0.224 e. The van der Waals surface area contributed by atoms with E-state index >= 15 is 0 Å². The second-order valence-corrected chi connectivity index (χ2v) is 6.37. The molecule has 1 aliphatic rings. The third-order valence-corrected chi connectivity index (χ3v) is 4.62. The van der Waals surface area contributed by atoms with Crippen LogP contribution in [-0.2, 0) is 11.2 Å². The fraction of sp³-hybridized carbons (Fsp3) is 0.368. The summed E-state index contributed by atoms with van der Waals surface area (Å²) in [6.07, 6.45) is 4.91. The third-order valence-electron chi connectivity index (χ3n) is 4.62. The minimum Gasteiger partial charge on any atom is -0.355 e. The predicted molar refractivity (Wildman–Crippen MR) is 90.8 cm³/mol. The summed E-state index contributed by atoms with van der Waals surface area (Å²) < 4.78 is 13.2. The van der Waals surface area contributed by atoms with Gasteiger partial charge in [0.15, 0.2) is 0 Å². The number of hydrogen-bond donors (Lipinski definition) is 1. The maximum Gasteiger partial charge on any atom is 0.224 e. The van der Waals surface area contributed by atoms with E-state index in [1.807, 2.05) is 12.3 Å². The zero-order valence-corrected chi connectivity index (χ0v) is 13.8. The maximum atomic E-state index is 13.2. The molecule has 1 amide bonds. The Hall–Kier alpha value is -2.27. The molecule has 1 aliphatic heterocycles. The van der Waals surface area contributed by atoms with Crippen molar-refractivity contribution in [3.8, 4) is 0 Å². The Labute approximate surface area is 141 Å². The van der Waals surface area contributed by atoms with Crippen molar-refractivity contribution in [2.45, 2.75) is 18.9 Å². The molecular weight excluding hydrogens is 305 g/mol. The van der Waals surface area contributed by atoms with Gasteiger partial charge in [0.05, 0.1) is 6.42 Å². The number of hydrogen-bond acceptors (Lipinski definition) is 3. The number of nitrogens with one attached hydrogen (secondary N) is 1. The fourth-order valence-electron chi connectivity index (χ4n) is 3.46. The van der Waals surface area contributed by atoms with Crippen molar-refractivity contribution in [2.24, 2.45) is 5.92 Å². The lowest BCUT2D eigenvalue weighted by molar-refractivity contribution is -0.120. The van der Waals surface area contributed by atoms with Crippen molar-refractivity contribution >= 4 is 5.91 Å². The molecule has 4 nitrogen and oxygen atoms in total.